The first kappa shape index (κ1) is 23.3. The lowest BCUT2D eigenvalue weighted by Crippen LogP contribution is -2.39. The highest BCUT2D eigenvalue weighted by atomic mass is 19.2. The molecular formula is C23H23F3N6O2. The summed E-state index contributed by atoms with van der Waals surface area (Å²) in [5.41, 5.74) is 2.26. The molecule has 11 heteroatoms. The summed E-state index contributed by atoms with van der Waals surface area (Å²) in [4.78, 5) is 26.2. The molecule has 1 saturated heterocycles. The molecule has 1 fully saturated rings. The fourth-order valence-electron chi connectivity index (χ4n) is 3.67. The normalized spacial score (nSPS) is 14.1. The summed E-state index contributed by atoms with van der Waals surface area (Å²) < 4.78 is 46.0. The van der Waals surface area contributed by atoms with Gasteiger partial charge >= 0.3 is 0 Å². The second-order valence-electron chi connectivity index (χ2n) is 7.87. The molecule has 4 rings (SSSR count). The minimum atomic E-state index is -1.54. The number of rotatable bonds is 6. The number of benzene rings is 2. The molecule has 1 aromatic heterocycles. The molecule has 8 nitrogen and oxygen atoms in total. The van der Waals surface area contributed by atoms with Crippen molar-refractivity contribution in [3.8, 4) is 5.75 Å². The van der Waals surface area contributed by atoms with Gasteiger partial charge in [-0.3, -0.25) is 4.79 Å². The van der Waals surface area contributed by atoms with Crippen molar-refractivity contribution in [2.45, 2.75) is 32.8 Å². The fourth-order valence-corrected chi connectivity index (χ4v) is 3.67. The minimum absolute atomic E-state index is 0.164. The van der Waals surface area contributed by atoms with Gasteiger partial charge in [-0.15, -0.1) is 0 Å². The third kappa shape index (κ3) is 5.19. The number of hydrogen-bond acceptors (Lipinski definition) is 7. The molecule has 3 aromatic rings. The van der Waals surface area contributed by atoms with E-state index in [4.69, 9.17) is 4.74 Å². The molecule has 34 heavy (non-hydrogen) atoms. The van der Waals surface area contributed by atoms with E-state index in [0.29, 0.717) is 43.5 Å². The van der Waals surface area contributed by atoms with Crippen LogP contribution in [0.15, 0.2) is 36.7 Å². The third-order valence-corrected chi connectivity index (χ3v) is 5.47. The van der Waals surface area contributed by atoms with Crippen molar-refractivity contribution >= 4 is 29.2 Å². The maximum absolute atomic E-state index is 13.9. The highest BCUT2D eigenvalue weighted by molar-refractivity contribution is 5.90. The summed E-state index contributed by atoms with van der Waals surface area (Å²) in [7, 11) is 0. The Kier molecular flexibility index (Phi) is 6.80. The number of carbonyl (C=O) groups is 1. The standard InChI is InChI=1S/C23H23F3N6O2/c1-13-17(29-14(2)33)4-3-5-18(13)30-22-27-12-28-23(31-22)32-10-8-15(9-11-32)34-19-7-6-16(24)20(25)21(19)26/h3-7,12,15H,8-11H2,1-2H3,(H,29,33)(H,27,28,30,31). The van der Waals surface area contributed by atoms with E-state index < -0.39 is 17.5 Å². The van der Waals surface area contributed by atoms with Gasteiger partial charge in [-0.25, -0.2) is 18.7 Å². The molecule has 2 aromatic carbocycles. The molecule has 178 valence electrons. The Morgan fingerprint density at radius 1 is 1.06 bits per heavy atom. The largest absolute Gasteiger partial charge is 0.487 e. The average molecular weight is 472 g/mol. The van der Waals surface area contributed by atoms with E-state index in [1.54, 1.807) is 6.07 Å². The van der Waals surface area contributed by atoms with Crippen LogP contribution in [-0.2, 0) is 4.79 Å². The molecule has 0 aliphatic carbocycles. The Labute approximate surface area is 194 Å². The van der Waals surface area contributed by atoms with Crippen molar-refractivity contribution in [1.82, 2.24) is 15.0 Å². The van der Waals surface area contributed by atoms with E-state index in [2.05, 4.69) is 25.6 Å². The summed E-state index contributed by atoms with van der Waals surface area (Å²) >= 11 is 0. The van der Waals surface area contributed by atoms with Gasteiger partial charge in [-0.05, 0) is 36.8 Å². The van der Waals surface area contributed by atoms with Gasteiger partial charge in [0.2, 0.25) is 23.6 Å². The summed E-state index contributed by atoms with van der Waals surface area (Å²) in [6, 6.07) is 7.40. The van der Waals surface area contributed by atoms with Crippen LogP contribution in [0.5, 0.6) is 5.75 Å². The van der Waals surface area contributed by atoms with Crippen LogP contribution in [0.1, 0.15) is 25.3 Å². The Bertz CT molecular complexity index is 1200. The SMILES string of the molecule is CC(=O)Nc1cccc(Nc2ncnc(N3CCC(Oc4ccc(F)c(F)c4F)CC3)n2)c1C. The third-order valence-electron chi connectivity index (χ3n) is 5.47. The number of nitrogens with one attached hydrogen (secondary N) is 2. The van der Waals surface area contributed by atoms with Gasteiger partial charge in [0.25, 0.3) is 0 Å². The number of anilines is 4. The topological polar surface area (TPSA) is 92.3 Å². The molecule has 1 aliphatic heterocycles. The maximum Gasteiger partial charge on any atom is 0.232 e. The number of aromatic nitrogens is 3. The monoisotopic (exact) mass is 472 g/mol. The Hall–Kier alpha value is -3.89. The first-order valence-corrected chi connectivity index (χ1v) is 10.7. The predicted octanol–water partition coefficient (Wildman–Crippen LogP) is 4.35. The van der Waals surface area contributed by atoms with Crippen LogP contribution in [0.4, 0.5) is 36.4 Å². The van der Waals surface area contributed by atoms with E-state index in [-0.39, 0.29) is 17.8 Å². The highest BCUT2D eigenvalue weighted by Gasteiger charge is 2.25. The van der Waals surface area contributed by atoms with Crippen molar-refractivity contribution in [3.05, 3.63) is 59.7 Å². The van der Waals surface area contributed by atoms with E-state index in [1.165, 1.54) is 13.3 Å². The van der Waals surface area contributed by atoms with Crippen molar-refractivity contribution < 1.29 is 22.7 Å². The fraction of sp³-hybridized carbons (Fsp3) is 0.304. The first-order valence-electron chi connectivity index (χ1n) is 10.7. The summed E-state index contributed by atoms with van der Waals surface area (Å²) in [5.74, 6) is -3.79. The number of halogens is 3. The van der Waals surface area contributed by atoms with Crippen molar-refractivity contribution in [1.29, 1.82) is 0 Å². The highest BCUT2D eigenvalue weighted by Crippen LogP contribution is 2.28. The maximum atomic E-state index is 13.9. The van der Waals surface area contributed by atoms with Crippen LogP contribution in [0, 0.1) is 24.4 Å². The Morgan fingerprint density at radius 2 is 1.79 bits per heavy atom. The van der Waals surface area contributed by atoms with Gasteiger partial charge in [0.15, 0.2) is 17.4 Å². The lowest BCUT2D eigenvalue weighted by Gasteiger charge is -2.32. The number of piperidine rings is 1. The average Bonchev–Trinajstić information content (AvgIpc) is 2.82. The predicted molar refractivity (Wildman–Crippen MR) is 121 cm³/mol. The number of ether oxygens (including phenoxy) is 1. The van der Waals surface area contributed by atoms with Crippen LogP contribution in [0.2, 0.25) is 0 Å². The summed E-state index contributed by atoms with van der Waals surface area (Å²) in [5, 5.41) is 5.93. The molecule has 0 radical (unpaired) electrons. The van der Waals surface area contributed by atoms with Crippen LogP contribution < -0.4 is 20.3 Å². The van der Waals surface area contributed by atoms with Crippen LogP contribution in [0.25, 0.3) is 0 Å². The van der Waals surface area contributed by atoms with Crippen LogP contribution >= 0.6 is 0 Å². The molecule has 1 amide bonds. The zero-order valence-electron chi connectivity index (χ0n) is 18.6. The van der Waals surface area contributed by atoms with Gasteiger partial charge in [-0.1, -0.05) is 6.07 Å². The van der Waals surface area contributed by atoms with Gasteiger partial charge in [-0.2, -0.15) is 9.37 Å². The van der Waals surface area contributed by atoms with Crippen molar-refractivity contribution in [2.75, 3.05) is 28.6 Å². The Balaban J connectivity index is 1.40. The van der Waals surface area contributed by atoms with E-state index in [9.17, 15) is 18.0 Å². The summed E-state index contributed by atoms with van der Waals surface area (Å²) in [6.45, 7) is 4.36. The first-order chi connectivity index (χ1) is 16.3. The lowest BCUT2D eigenvalue weighted by atomic mass is 10.1. The zero-order valence-corrected chi connectivity index (χ0v) is 18.6. The molecule has 0 saturated carbocycles. The molecule has 0 bridgehead atoms. The molecule has 2 N–H and O–H groups in total. The van der Waals surface area contributed by atoms with E-state index in [0.717, 1.165) is 23.4 Å². The summed E-state index contributed by atoms with van der Waals surface area (Å²) in [6.07, 6.45) is 2.08. The van der Waals surface area contributed by atoms with Gasteiger partial charge in [0.05, 0.1) is 0 Å². The number of amides is 1. The van der Waals surface area contributed by atoms with E-state index in [1.807, 2.05) is 24.0 Å². The Morgan fingerprint density at radius 3 is 2.53 bits per heavy atom. The minimum Gasteiger partial charge on any atom is -0.487 e. The second kappa shape index (κ2) is 9.94. The van der Waals surface area contributed by atoms with E-state index >= 15 is 0 Å². The zero-order chi connectivity index (χ0) is 24.2. The number of carbonyl (C=O) groups excluding carboxylic acids is 1. The van der Waals surface area contributed by atoms with Crippen LogP contribution in [-0.4, -0.2) is 40.1 Å². The van der Waals surface area contributed by atoms with Crippen LogP contribution in [0.3, 0.4) is 0 Å². The smallest absolute Gasteiger partial charge is 0.232 e. The number of hydrogen-bond donors (Lipinski definition) is 2. The molecule has 0 spiro atoms. The number of nitrogens with zero attached hydrogens (tertiary/aromatic N) is 4. The molecule has 0 atom stereocenters. The van der Waals surface area contributed by atoms with Crippen molar-refractivity contribution in [2.24, 2.45) is 0 Å². The second-order valence-corrected chi connectivity index (χ2v) is 7.87. The lowest BCUT2D eigenvalue weighted by molar-refractivity contribution is -0.114. The molecular weight excluding hydrogens is 449 g/mol. The van der Waals surface area contributed by atoms with Gasteiger partial charge in [0, 0.05) is 44.2 Å². The molecule has 2 heterocycles. The quantitative estimate of drug-likeness (QED) is 0.516. The van der Waals surface area contributed by atoms with Gasteiger partial charge in [0.1, 0.15) is 12.4 Å². The van der Waals surface area contributed by atoms with Crippen molar-refractivity contribution in [3.63, 3.8) is 0 Å². The molecule has 0 unspecified atom stereocenters. The van der Waals surface area contributed by atoms with Gasteiger partial charge < -0.3 is 20.3 Å². The molecule has 1 aliphatic rings.